The van der Waals surface area contributed by atoms with Gasteiger partial charge in [0.15, 0.2) is 5.11 Å². The Morgan fingerprint density at radius 2 is 1.52 bits per heavy atom. The van der Waals surface area contributed by atoms with Crippen LogP contribution < -0.4 is 15.4 Å². The van der Waals surface area contributed by atoms with Crippen LogP contribution in [0, 0.1) is 0 Å². The van der Waals surface area contributed by atoms with Gasteiger partial charge in [-0.05, 0) is 37.2 Å². The average Bonchev–Trinajstić information content (AvgIpc) is 2.70. The maximum absolute atomic E-state index is 12.0. The Morgan fingerprint density at radius 1 is 0.897 bits per heavy atom. The largest absolute Gasteiger partial charge is 0.494 e. The van der Waals surface area contributed by atoms with Crippen molar-refractivity contribution in [3.05, 3.63) is 24.3 Å². The van der Waals surface area contributed by atoms with Crippen LogP contribution in [0.1, 0.15) is 97.3 Å². The molecule has 0 saturated heterocycles. The lowest BCUT2D eigenvalue weighted by atomic mass is 10.1. The highest BCUT2D eigenvalue weighted by Gasteiger charge is 2.05. The molecule has 4 nitrogen and oxygen atoms in total. The number of ether oxygens (including phenoxy) is 1. The summed E-state index contributed by atoms with van der Waals surface area (Å²) in [4.78, 5) is 12.0. The Hall–Kier alpha value is -1.62. The molecule has 0 fully saturated rings. The fourth-order valence-electron chi connectivity index (χ4n) is 3.18. The van der Waals surface area contributed by atoms with Crippen LogP contribution in [-0.2, 0) is 4.79 Å². The molecule has 0 spiro atoms. The smallest absolute Gasteiger partial charge is 0.226 e. The minimum atomic E-state index is -0.0168. The number of rotatable bonds is 16. The van der Waals surface area contributed by atoms with Gasteiger partial charge in [0, 0.05) is 18.2 Å². The van der Waals surface area contributed by atoms with Crippen LogP contribution in [-0.4, -0.2) is 17.6 Å². The average molecular weight is 421 g/mol. The number of anilines is 1. The lowest BCUT2D eigenvalue weighted by Gasteiger charge is -2.11. The minimum Gasteiger partial charge on any atom is -0.494 e. The van der Waals surface area contributed by atoms with Gasteiger partial charge in [0.2, 0.25) is 5.91 Å². The molecule has 5 heteroatoms. The van der Waals surface area contributed by atoms with Crippen LogP contribution in [0.3, 0.4) is 0 Å². The van der Waals surface area contributed by atoms with Crippen LogP contribution >= 0.6 is 12.2 Å². The second kappa shape index (κ2) is 17.3. The minimum absolute atomic E-state index is 0.0168. The number of nitrogens with one attached hydrogen (secondary N) is 2. The lowest BCUT2D eigenvalue weighted by molar-refractivity contribution is -0.119. The first-order chi connectivity index (χ1) is 14.2. The molecule has 0 aliphatic carbocycles. The van der Waals surface area contributed by atoms with E-state index in [1.807, 2.05) is 24.3 Å². The van der Waals surface area contributed by atoms with Crippen LogP contribution in [0.5, 0.6) is 5.75 Å². The summed E-state index contributed by atoms with van der Waals surface area (Å²) in [6.45, 7) is 5.01. The van der Waals surface area contributed by atoms with Gasteiger partial charge in [-0.15, -0.1) is 0 Å². The summed E-state index contributed by atoms with van der Waals surface area (Å²) in [6, 6.07) is 7.61. The van der Waals surface area contributed by atoms with E-state index in [9.17, 15) is 4.79 Å². The number of carbonyl (C=O) groups is 1. The monoisotopic (exact) mass is 420 g/mol. The van der Waals surface area contributed by atoms with E-state index in [1.54, 1.807) is 0 Å². The molecular formula is C24H40N2O2S. The van der Waals surface area contributed by atoms with Gasteiger partial charge in [-0.1, -0.05) is 84.1 Å². The number of unbranched alkanes of at least 4 members (excludes halogenated alkanes) is 10. The summed E-state index contributed by atoms with van der Waals surface area (Å²) >= 11 is 5.25. The maximum atomic E-state index is 12.0. The van der Waals surface area contributed by atoms with E-state index in [4.69, 9.17) is 17.0 Å². The highest BCUT2D eigenvalue weighted by Crippen LogP contribution is 2.17. The molecule has 2 N–H and O–H groups in total. The summed E-state index contributed by atoms with van der Waals surface area (Å²) in [6.07, 6.45) is 15.5. The molecule has 0 saturated carbocycles. The van der Waals surface area contributed by atoms with Gasteiger partial charge in [0.25, 0.3) is 0 Å². The number of benzene rings is 1. The van der Waals surface area contributed by atoms with Crippen LogP contribution in [0.25, 0.3) is 0 Å². The molecule has 0 radical (unpaired) electrons. The normalized spacial score (nSPS) is 10.6. The highest BCUT2D eigenvalue weighted by atomic mass is 32.1. The van der Waals surface area contributed by atoms with E-state index < -0.39 is 0 Å². The zero-order chi connectivity index (χ0) is 21.2. The summed E-state index contributed by atoms with van der Waals surface area (Å²) in [5, 5.41) is 6.16. The van der Waals surface area contributed by atoms with Crippen molar-refractivity contribution in [3.63, 3.8) is 0 Å². The van der Waals surface area contributed by atoms with E-state index in [2.05, 4.69) is 24.5 Å². The van der Waals surface area contributed by atoms with E-state index in [0.717, 1.165) is 30.7 Å². The van der Waals surface area contributed by atoms with Crippen molar-refractivity contribution < 1.29 is 9.53 Å². The summed E-state index contributed by atoms with van der Waals surface area (Å²) < 4.78 is 5.61. The van der Waals surface area contributed by atoms with Crippen LogP contribution in [0.4, 0.5) is 5.69 Å². The first-order valence-electron chi connectivity index (χ1n) is 11.5. The Balaban J connectivity index is 2.06. The van der Waals surface area contributed by atoms with Crippen LogP contribution in [0.2, 0.25) is 0 Å². The van der Waals surface area contributed by atoms with E-state index >= 15 is 0 Å². The SMILES string of the molecule is CCCCCCCCCCCCCC(=O)NC(=S)Nc1cccc(OCCC)c1. The lowest BCUT2D eigenvalue weighted by Crippen LogP contribution is -2.33. The predicted octanol–water partition coefficient (Wildman–Crippen LogP) is 6.99. The number of amides is 1. The molecule has 1 aromatic carbocycles. The van der Waals surface area contributed by atoms with Crippen molar-refractivity contribution in [3.8, 4) is 5.75 Å². The van der Waals surface area contributed by atoms with Gasteiger partial charge in [-0.3, -0.25) is 4.79 Å². The first-order valence-corrected chi connectivity index (χ1v) is 11.9. The maximum Gasteiger partial charge on any atom is 0.226 e. The van der Waals surface area contributed by atoms with Crippen LogP contribution in [0.15, 0.2) is 24.3 Å². The molecule has 1 amide bonds. The van der Waals surface area contributed by atoms with E-state index in [-0.39, 0.29) is 5.91 Å². The standard InChI is InChI=1S/C24H40N2O2S/c1-3-5-6-7-8-9-10-11-12-13-14-18-23(27)26-24(29)25-21-16-15-17-22(20-21)28-19-4-2/h15-17,20H,3-14,18-19H2,1-2H3,(H2,25,26,27,29). The summed E-state index contributed by atoms with van der Waals surface area (Å²) in [5.74, 6) is 0.781. The van der Waals surface area contributed by atoms with Crippen molar-refractivity contribution in [2.24, 2.45) is 0 Å². The topological polar surface area (TPSA) is 50.4 Å². The van der Waals surface area contributed by atoms with Gasteiger partial charge < -0.3 is 15.4 Å². The Kier molecular flexibility index (Phi) is 15.1. The van der Waals surface area contributed by atoms with Crippen molar-refractivity contribution in [2.45, 2.75) is 97.3 Å². The Labute approximate surface area is 183 Å². The molecule has 1 aromatic rings. The van der Waals surface area contributed by atoms with Crippen molar-refractivity contribution in [2.75, 3.05) is 11.9 Å². The number of hydrogen-bond donors (Lipinski definition) is 2. The second-order valence-electron chi connectivity index (χ2n) is 7.66. The van der Waals surface area contributed by atoms with Crippen molar-refractivity contribution >= 4 is 28.9 Å². The molecular weight excluding hydrogens is 380 g/mol. The molecule has 0 bridgehead atoms. The highest BCUT2D eigenvalue weighted by molar-refractivity contribution is 7.80. The van der Waals surface area contributed by atoms with Gasteiger partial charge >= 0.3 is 0 Å². The van der Waals surface area contributed by atoms with E-state index in [1.165, 1.54) is 57.8 Å². The molecule has 0 aliphatic heterocycles. The molecule has 0 aromatic heterocycles. The summed E-state index contributed by atoms with van der Waals surface area (Å²) in [5.41, 5.74) is 0.818. The fraction of sp³-hybridized carbons (Fsp3) is 0.667. The molecule has 0 unspecified atom stereocenters. The first kappa shape index (κ1) is 25.4. The van der Waals surface area contributed by atoms with Gasteiger partial charge in [-0.25, -0.2) is 0 Å². The second-order valence-corrected chi connectivity index (χ2v) is 8.07. The molecule has 1 rings (SSSR count). The quantitative estimate of drug-likeness (QED) is 0.223. The number of hydrogen-bond acceptors (Lipinski definition) is 3. The Bertz CT molecular complexity index is 578. The molecule has 0 heterocycles. The number of thiocarbonyl (C=S) groups is 1. The molecule has 164 valence electrons. The number of carbonyl (C=O) groups excluding carboxylic acids is 1. The van der Waals surface area contributed by atoms with Gasteiger partial charge in [0.1, 0.15) is 5.75 Å². The Morgan fingerprint density at radius 3 is 2.14 bits per heavy atom. The zero-order valence-corrected chi connectivity index (χ0v) is 19.3. The molecule has 0 atom stereocenters. The third kappa shape index (κ3) is 14.1. The zero-order valence-electron chi connectivity index (χ0n) is 18.4. The molecule has 29 heavy (non-hydrogen) atoms. The van der Waals surface area contributed by atoms with Gasteiger partial charge in [-0.2, -0.15) is 0 Å². The fourth-order valence-corrected chi connectivity index (χ4v) is 3.42. The predicted molar refractivity (Wildman–Crippen MR) is 128 cm³/mol. The van der Waals surface area contributed by atoms with Gasteiger partial charge in [0.05, 0.1) is 6.61 Å². The summed E-state index contributed by atoms with van der Waals surface area (Å²) in [7, 11) is 0. The molecule has 0 aliphatic rings. The third-order valence-corrected chi connectivity index (χ3v) is 5.03. The van der Waals surface area contributed by atoms with E-state index in [0.29, 0.717) is 18.1 Å². The van der Waals surface area contributed by atoms with Crippen molar-refractivity contribution in [1.29, 1.82) is 0 Å². The third-order valence-electron chi connectivity index (χ3n) is 4.83. The van der Waals surface area contributed by atoms with Crippen molar-refractivity contribution in [1.82, 2.24) is 5.32 Å².